The van der Waals surface area contributed by atoms with Gasteiger partial charge in [0.1, 0.15) is 11.3 Å². The fourth-order valence-corrected chi connectivity index (χ4v) is 3.96. The maximum absolute atomic E-state index is 12.6. The summed E-state index contributed by atoms with van der Waals surface area (Å²) in [6.45, 7) is 8.50. The Labute approximate surface area is 177 Å². The molecule has 1 amide bonds. The van der Waals surface area contributed by atoms with Crippen LogP contribution in [0.2, 0.25) is 0 Å². The summed E-state index contributed by atoms with van der Waals surface area (Å²) in [4.78, 5) is 17.5. The molecular formula is C24H29N3O3. The molecule has 2 aromatic carbocycles. The number of aryl methyl sites for hydroxylation is 1. The second-order valence-electron chi connectivity index (χ2n) is 7.78. The number of fused-ring (bicyclic) bond motifs is 1. The maximum atomic E-state index is 12.6. The predicted octanol–water partition coefficient (Wildman–Crippen LogP) is 3.30. The molecule has 0 aliphatic carbocycles. The van der Waals surface area contributed by atoms with E-state index in [4.69, 9.17) is 9.15 Å². The molecule has 0 radical (unpaired) electrons. The standard InChI is InChI=1S/C24H29N3O3/c1-18-21-16-20(29-2)8-9-22(21)30-23(18)24(28)25-10-11-26-12-14-27(15-13-26)17-19-6-4-3-5-7-19/h3-9,16H,10-15,17H2,1-2H3,(H,25,28). The Morgan fingerprint density at radius 1 is 1.07 bits per heavy atom. The summed E-state index contributed by atoms with van der Waals surface area (Å²) in [5.41, 5.74) is 2.90. The van der Waals surface area contributed by atoms with Gasteiger partial charge in [-0.1, -0.05) is 30.3 Å². The molecule has 0 atom stereocenters. The number of ether oxygens (including phenoxy) is 1. The van der Waals surface area contributed by atoms with Crippen molar-refractivity contribution < 1.29 is 13.9 Å². The first-order chi connectivity index (χ1) is 14.6. The first kappa shape index (κ1) is 20.4. The molecule has 0 saturated carbocycles. The van der Waals surface area contributed by atoms with Crippen LogP contribution in [0.25, 0.3) is 11.0 Å². The van der Waals surface area contributed by atoms with Gasteiger partial charge in [0.05, 0.1) is 7.11 Å². The van der Waals surface area contributed by atoms with E-state index >= 15 is 0 Å². The fraction of sp³-hybridized carbons (Fsp3) is 0.375. The van der Waals surface area contributed by atoms with Crippen molar-refractivity contribution in [1.82, 2.24) is 15.1 Å². The van der Waals surface area contributed by atoms with E-state index < -0.39 is 0 Å². The molecule has 4 rings (SSSR count). The van der Waals surface area contributed by atoms with Gasteiger partial charge in [-0.15, -0.1) is 0 Å². The SMILES string of the molecule is COc1ccc2oc(C(=O)NCCN3CCN(Cc4ccccc4)CC3)c(C)c2c1. The number of rotatable bonds is 7. The number of amides is 1. The second-order valence-corrected chi connectivity index (χ2v) is 7.78. The van der Waals surface area contributed by atoms with Crippen LogP contribution in [0, 0.1) is 6.92 Å². The van der Waals surface area contributed by atoms with E-state index in [0.717, 1.165) is 56.0 Å². The van der Waals surface area contributed by atoms with Crippen LogP contribution in [0.1, 0.15) is 21.7 Å². The normalized spacial score (nSPS) is 15.4. The zero-order chi connectivity index (χ0) is 20.9. The van der Waals surface area contributed by atoms with Crippen molar-refractivity contribution in [3.63, 3.8) is 0 Å². The molecular weight excluding hydrogens is 378 g/mol. The highest BCUT2D eigenvalue weighted by Crippen LogP contribution is 2.28. The zero-order valence-corrected chi connectivity index (χ0v) is 17.7. The minimum atomic E-state index is -0.162. The summed E-state index contributed by atoms with van der Waals surface area (Å²) < 4.78 is 11.1. The van der Waals surface area contributed by atoms with Crippen LogP contribution in [0.3, 0.4) is 0 Å². The van der Waals surface area contributed by atoms with Gasteiger partial charge < -0.3 is 14.5 Å². The number of methoxy groups -OCH3 is 1. The van der Waals surface area contributed by atoms with Gasteiger partial charge in [0.25, 0.3) is 5.91 Å². The van der Waals surface area contributed by atoms with Crippen molar-refractivity contribution in [2.75, 3.05) is 46.4 Å². The highest BCUT2D eigenvalue weighted by molar-refractivity contribution is 5.99. The summed E-state index contributed by atoms with van der Waals surface area (Å²) in [5, 5.41) is 3.92. The van der Waals surface area contributed by atoms with Gasteiger partial charge in [0, 0.05) is 56.8 Å². The quantitative estimate of drug-likeness (QED) is 0.651. The molecule has 1 saturated heterocycles. The molecule has 6 nitrogen and oxygen atoms in total. The Morgan fingerprint density at radius 3 is 2.53 bits per heavy atom. The molecule has 1 fully saturated rings. The maximum Gasteiger partial charge on any atom is 0.287 e. The minimum absolute atomic E-state index is 0.162. The topological polar surface area (TPSA) is 58.0 Å². The molecule has 1 aliphatic heterocycles. The number of nitrogens with one attached hydrogen (secondary N) is 1. The van der Waals surface area contributed by atoms with Crippen molar-refractivity contribution in [1.29, 1.82) is 0 Å². The molecule has 0 bridgehead atoms. The number of hydrogen-bond donors (Lipinski definition) is 1. The molecule has 6 heteroatoms. The number of furan rings is 1. The van der Waals surface area contributed by atoms with Gasteiger partial charge in [-0.25, -0.2) is 0 Å². The third-order valence-corrected chi connectivity index (χ3v) is 5.78. The Morgan fingerprint density at radius 2 is 1.80 bits per heavy atom. The lowest BCUT2D eigenvalue weighted by Crippen LogP contribution is -2.48. The van der Waals surface area contributed by atoms with E-state index in [1.54, 1.807) is 7.11 Å². The highest BCUT2D eigenvalue weighted by atomic mass is 16.5. The molecule has 158 valence electrons. The van der Waals surface area contributed by atoms with Crippen LogP contribution in [0.15, 0.2) is 52.9 Å². The molecule has 0 unspecified atom stereocenters. The molecule has 0 spiro atoms. The Bertz CT molecular complexity index is 992. The number of nitrogens with zero attached hydrogens (tertiary/aromatic N) is 2. The van der Waals surface area contributed by atoms with E-state index in [9.17, 15) is 4.79 Å². The zero-order valence-electron chi connectivity index (χ0n) is 17.7. The average molecular weight is 408 g/mol. The van der Waals surface area contributed by atoms with Gasteiger partial charge >= 0.3 is 0 Å². The first-order valence-electron chi connectivity index (χ1n) is 10.5. The van der Waals surface area contributed by atoms with Crippen molar-refractivity contribution in [3.05, 3.63) is 65.4 Å². The van der Waals surface area contributed by atoms with E-state index in [-0.39, 0.29) is 5.91 Å². The Kier molecular flexibility index (Phi) is 6.35. The average Bonchev–Trinajstić information content (AvgIpc) is 3.11. The monoisotopic (exact) mass is 407 g/mol. The number of hydrogen-bond acceptors (Lipinski definition) is 5. The van der Waals surface area contributed by atoms with Gasteiger partial charge in [0.15, 0.2) is 5.76 Å². The van der Waals surface area contributed by atoms with Crippen LogP contribution >= 0.6 is 0 Å². The van der Waals surface area contributed by atoms with Crippen LogP contribution < -0.4 is 10.1 Å². The summed E-state index contributed by atoms with van der Waals surface area (Å²) in [5.74, 6) is 0.973. The van der Waals surface area contributed by atoms with E-state index in [2.05, 4.69) is 45.4 Å². The summed E-state index contributed by atoms with van der Waals surface area (Å²) in [7, 11) is 1.63. The second kappa shape index (κ2) is 9.32. The Balaban J connectivity index is 1.24. The largest absolute Gasteiger partial charge is 0.497 e. The Hall–Kier alpha value is -2.83. The summed E-state index contributed by atoms with van der Waals surface area (Å²) >= 11 is 0. The van der Waals surface area contributed by atoms with Crippen molar-refractivity contribution in [2.24, 2.45) is 0 Å². The van der Waals surface area contributed by atoms with Gasteiger partial charge in [-0.2, -0.15) is 0 Å². The van der Waals surface area contributed by atoms with Crippen molar-refractivity contribution in [3.8, 4) is 5.75 Å². The van der Waals surface area contributed by atoms with Crippen molar-refractivity contribution in [2.45, 2.75) is 13.5 Å². The molecule has 1 N–H and O–H groups in total. The van der Waals surface area contributed by atoms with Gasteiger partial charge in [-0.05, 0) is 30.7 Å². The van der Waals surface area contributed by atoms with E-state index in [0.29, 0.717) is 17.9 Å². The first-order valence-corrected chi connectivity index (χ1v) is 10.5. The third kappa shape index (κ3) is 4.66. The van der Waals surface area contributed by atoms with Crippen LogP contribution in [0.5, 0.6) is 5.75 Å². The molecule has 1 aliphatic rings. The smallest absolute Gasteiger partial charge is 0.287 e. The van der Waals surface area contributed by atoms with Crippen LogP contribution in [0.4, 0.5) is 0 Å². The lowest BCUT2D eigenvalue weighted by atomic mass is 10.1. The number of carbonyl (C=O) groups excluding carboxylic acids is 1. The number of carbonyl (C=O) groups is 1. The van der Waals surface area contributed by atoms with Crippen molar-refractivity contribution >= 4 is 16.9 Å². The highest BCUT2D eigenvalue weighted by Gasteiger charge is 2.20. The predicted molar refractivity (Wildman–Crippen MR) is 118 cm³/mol. The lowest BCUT2D eigenvalue weighted by Gasteiger charge is -2.34. The minimum Gasteiger partial charge on any atom is -0.497 e. The van der Waals surface area contributed by atoms with E-state index in [1.165, 1.54) is 5.56 Å². The van der Waals surface area contributed by atoms with Gasteiger partial charge in [0.2, 0.25) is 0 Å². The third-order valence-electron chi connectivity index (χ3n) is 5.78. The molecule has 2 heterocycles. The van der Waals surface area contributed by atoms with Crippen LogP contribution in [-0.2, 0) is 6.54 Å². The molecule has 1 aromatic heterocycles. The fourth-order valence-electron chi connectivity index (χ4n) is 3.96. The molecule has 3 aromatic rings. The summed E-state index contributed by atoms with van der Waals surface area (Å²) in [6, 6.07) is 16.2. The number of benzene rings is 2. The van der Waals surface area contributed by atoms with E-state index in [1.807, 2.05) is 25.1 Å². The number of piperazine rings is 1. The summed E-state index contributed by atoms with van der Waals surface area (Å²) in [6.07, 6.45) is 0. The lowest BCUT2D eigenvalue weighted by molar-refractivity contribution is 0.0908. The van der Waals surface area contributed by atoms with Gasteiger partial charge in [-0.3, -0.25) is 14.6 Å². The molecule has 30 heavy (non-hydrogen) atoms. The van der Waals surface area contributed by atoms with Crippen LogP contribution in [-0.4, -0.2) is 62.1 Å².